The van der Waals surface area contributed by atoms with Gasteiger partial charge in [-0.2, -0.15) is 5.10 Å². The average molecular weight is 257 g/mol. The van der Waals surface area contributed by atoms with E-state index in [1.54, 1.807) is 19.5 Å². The second kappa shape index (κ2) is 4.64. The number of rotatable bonds is 4. The van der Waals surface area contributed by atoms with Crippen LogP contribution in [0.4, 0.5) is 5.69 Å². The molecule has 3 rings (SSSR count). The number of nitrogens with two attached hydrogens (primary N) is 1. The molecule has 0 aliphatic carbocycles. The predicted octanol–water partition coefficient (Wildman–Crippen LogP) is 1.52. The average Bonchev–Trinajstić information content (AvgIpc) is 3.02. The molecule has 3 aromatic heterocycles. The fourth-order valence-electron chi connectivity index (χ4n) is 2.14. The van der Waals surface area contributed by atoms with Crippen molar-refractivity contribution < 1.29 is 4.74 Å². The highest BCUT2D eigenvalue weighted by Gasteiger charge is 2.07. The van der Waals surface area contributed by atoms with E-state index < -0.39 is 0 Å². The van der Waals surface area contributed by atoms with E-state index in [0.29, 0.717) is 5.69 Å². The summed E-state index contributed by atoms with van der Waals surface area (Å²) in [4.78, 5) is 4.40. The summed E-state index contributed by atoms with van der Waals surface area (Å²) in [6.07, 6.45) is 7.23. The van der Waals surface area contributed by atoms with Gasteiger partial charge in [0.15, 0.2) is 0 Å². The lowest BCUT2D eigenvalue weighted by Crippen LogP contribution is -2.07. The van der Waals surface area contributed by atoms with E-state index in [1.165, 1.54) is 0 Å². The normalized spacial score (nSPS) is 11.0. The van der Waals surface area contributed by atoms with E-state index in [2.05, 4.69) is 14.6 Å². The highest BCUT2D eigenvalue weighted by molar-refractivity contribution is 5.82. The summed E-state index contributed by atoms with van der Waals surface area (Å²) in [6.45, 7) is 1.53. The smallest absolute Gasteiger partial charge is 0.143 e. The number of aromatic nitrogens is 4. The van der Waals surface area contributed by atoms with Crippen molar-refractivity contribution in [3.05, 3.63) is 36.9 Å². The third kappa shape index (κ3) is 2.12. The topological polar surface area (TPSA) is 70.9 Å². The molecule has 0 saturated carbocycles. The molecule has 6 heteroatoms. The second-order valence-corrected chi connectivity index (χ2v) is 4.30. The van der Waals surface area contributed by atoms with Gasteiger partial charge in [0.25, 0.3) is 0 Å². The van der Waals surface area contributed by atoms with Crippen LogP contribution in [0.25, 0.3) is 11.0 Å². The number of nitrogen functional groups attached to an aromatic ring is 1. The Bertz CT molecular complexity index is 700. The van der Waals surface area contributed by atoms with Crippen molar-refractivity contribution >= 4 is 16.7 Å². The maximum atomic E-state index is 5.64. The Hall–Kier alpha value is -2.50. The van der Waals surface area contributed by atoms with Crippen LogP contribution in [-0.2, 0) is 13.1 Å². The summed E-state index contributed by atoms with van der Waals surface area (Å²) in [7, 11) is 1.67. The van der Waals surface area contributed by atoms with Gasteiger partial charge in [0.2, 0.25) is 0 Å². The minimum absolute atomic E-state index is 0.678. The van der Waals surface area contributed by atoms with Gasteiger partial charge in [0.05, 0.1) is 30.9 Å². The van der Waals surface area contributed by atoms with E-state index in [4.69, 9.17) is 10.5 Å². The van der Waals surface area contributed by atoms with Gasteiger partial charge < -0.3 is 15.0 Å². The molecule has 0 bridgehead atoms. The predicted molar refractivity (Wildman–Crippen MR) is 72.9 cm³/mol. The van der Waals surface area contributed by atoms with Gasteiger partial charge in [0, 0.05) is 25.1 Å². The monoisotopic (exact) mass is 257 g/mol. The van der Waals surface area contributed by atoms with E-state index in [0.717, 1.165) is 29.9 Å². The highest BCUT2D eigenvalue weighted by atomic mass is 16.5. The van der Waals surface area contributed by atoms with Gasteiger partial charge >= 0.3 is 0 Å². The molecule has 0 fully saturated rings. The van der Waals surface area contributed by atoms with Crippen LogP contribution in [0.5, 0.6) is 5.75 Å². The Morgan fingerprint density at radius 3 is 2.95 bits per heavy atom. The number of nitrogens with zero attached hydrogens (tertiary/aromatic N) is 4. The van der Waals surface area contributed by atoms with E-state index in [1.807, 2.05) is 29.2 Å². The number of ether oxygens (including phenoxy) is 1. The first kappa shape index (κ1) is 11.6. The van der Waals surface area contributed by atoms with Crippen LogP contribution in [0.3, 0.4) is 0 Å². The van der Waals surface area contributed by atoms with Gasteiger partial charge in [-0.3, -0.25) is 4.68 Å². The van der Waals surface area contributed by atoms with Crippen molar-refractivity contribution in [2.45, 2.75) is 13.1 Å². The zero-order valence-electron chi connectivity index (χ0n) is 10.7. The van der Waals surface area contributed by atoms with Crippen molar-refractivity contribution in [3.63, 3.8) is 0 Å². The molecular formula is C13H15N5O. The minimum atomic E-state index is 0.678. The highest BCUT2D eigenvalue weighted by Crippen LogP contribution is 2.24. The van der Waals surface area contributed by atoms with Crippen LogP contribution in [0, 0.1) is 0 Å². The molecule has 0 unspecified atom stereocenters. The lowest BCUT2D eigenvalue weighted by molar-refractivity contribution is 0.419. The maximum Gasteiger partial charge on any atom is 0.143 e. The molecule has 2 N–H and O–H groups in total. The Morgan fingerprint density at radius 1 is 1.32 bits per heavy atom. The lowest BCUT2D eigenvalue weighted by atomic mass is 10.3. The molecule has 0 radical (unpaired) electrons. The molecular weight excluding hydrogens is 242 g/mol. The number of hydrogen-bond donors (Lipinski definition) is 1. The zero-order valence-corrected chi connectivity index (χ0v) is 10.7. The van der Waals surface area contributed by atoms with Crippen LogP contribution in [0.15, 0.2) is 36.9 Å². The Kier molecular flexibility index (Phi) is 2.83. The third-order valence-electron chi connectivity index (χ3n) is 3.07. The number of pyridine rings is 1. The second-order valence-electron chi connectivity index (χ2n) is 4.30. The van der Waals surface area contributed by atoms with Crippen molar-refractivity contribution in [1.82, 2.24) is 19.3 Å². The van der Waals surface area contributed by atoms with E-state index in [9.17, 15) is 0 Å². The van der Waals surface area contributed by atoms with Crippen molar-refractivity contribution in [1.29, 1.82) is 0 Å². The van der Waals surface area contributed by atoms with Crippen LogP contribution >= 0.6 is 0 Å². The third-order valence-corrected chi connectivity index (χ3v) is 3.07. The van der Waals surface area contributed by atoms with Crippen LogP contribution in [0.2, 0.25) is 0 Å². The summed E-state index contributed by atoms with van der Waals surface area (Å²) in [6, 6.07) is 3.87. The Labute approximate surface area is 110 Å². The largest absolute Gasteiger partial charge is 0.496 e. The SMILES string of the molecule is COc1ccnc2c1ccn2CCn1cc(N)cn1. The molecule has 0 amide bonds. The van der Waals surface area contributed by atoms with Gasteiger partial charge in [-0.1, -0.05) is 0 Å². The fraction of sp³-hybridized carbons (Fsp3) is 0.231. The number of fused-ring (bicyclic) bond motifs is 1. The summed E-state index contributed by atoms with van der Waals surface area (Å²) >= 11 is 0. The van der Waals surface area contributed by atoms with Gasteiger partial charge in [-0.05, 0) is 12.1 Å². The first-order valence-corrected chi connectivity index (χ1v) is 6.03. The number of methoxy groups -OCH3 is 1. The van der Waals surface area contributed by atoms with Gasteiger partial charge in [-0.25, -0.2) is 4.98 Å². The van der Waals surface area contributed by atoms with Gasteiger partial charge in [-0.15, -0.1) is 0 Å². The Morgan fingerprint density at radius 2 is 2.21 bits per heavy atom. The van der Waals surface area contributed by atoms with Crippen molar-refractivity contribution in [3.8, 4) is 5.75 Å². The lowest BCUT2D eigenvalue weighted by Gasteiger charge is -2.06. The number of anilines is 1. The number of hydrogen-bond acceptors (Lipinski definition) is 4. The molecule has 19 heavy (non-hydrogen) atoms. The maximum absolute atomic E-state index is 5.64. The number of aryl methyl sites for hydroxylation is 2. The fourth-order valence-corrected chi connectivity index (χ4v) is 2.14. The quantitative estimate of drug-likeness (QED) is 0.769. The van der Waals surface area contributed by atoms with Crippen LogP contribution in [-0.4, -0.2) is 26.4 Å². The van der Waals surface area contributed by atoms with Gasteiger partial charge in [0.1, 0.15) is 11.4 Å². The summed E-state index contributed by atoms with van der Waals surface area (Å²) < 4.78 is 9.22. The molecule has 0 aromatic carbocycles. The molecule has 0 aliphatic heterocycles. The molecule has 3 aromatic rings. The summed E-state index contributed by atoms with van der Waals surface area (Å²) in [5.41, 5.74) is 7.23. The van der Waals surface area contributed by atoms with Crippen molar-refractivity contribution in [2.24, 2.45) is 0 Å². The molecule has 0 aliphatic rings. The molecule has 0 atom stereocenters. The summed E-state index contributed by atoms with van der Waals surface area (Å²) in [5.74, 6) is 0.840. The first-order chi connectivity index (χ1) is 9.28. The van der Waals surface area contributed by atoms with Crippen molar-refractivity contribution in [2.75, 3.05) is 12.8 Å². The standard InChI is InChI=1S/C13H15N5O/c1-19-12-2-4-15-13-11(12)3-5-17(13)6-7-18-9-10(14)8-16-18/h2-5,8-9H,6-7,14H2,1H3. The first-order valence-electron chi connectivity index (χ1n) is 6.03. The van der Waals surface area contributed by atoms with Crippen LogP contribution < -0.4 is 10.5 Å². The molecule has 0 spiro atoms. The van der Waals surface area contributed by atoms with Crippen LogP contribution in [0.1, 0.15) is 0 Å². The molecule has 98 valence electrons. The minimum Gasteiger partial charge on any atom is -0.496 e. The molecule has 0 saturated heterocycles. The Balaban J connectivity index is 1.85. The van der Waals surface area contributed by atoms with E-state index >= 15 is 0 Å². The molecule has 3 heterocycles. The zero-order chi connectivity index (χ0) is 13.2. The summed E-state index contributed by atoms with van der Waals surface area (Å²) in [5, 5.41) is 5.18. The van der Waals surface area contributed by atoms with E-state index in [-0.39, 0.29) is 0 Å². The molecule has 6 nitrogen and oxygen atoms in total.